The third-order valence-corrected chi connectivity index (χ3v) is 15.0. The van der Waals surface area contributed by atoms with Crippen LogP contribution in [0.4, 0.5) is 10.5 Å². The Bertz CT molecular complexity index is 1920. The number of methoxy groups -OCH3 is 3. The van der Waals surface area contributed by atoms with E-state index in [1.165, 1.54) is 46.5 Å². The molecule has 0 aromatic heterocycles. The molecule has 7 N–H and O–H groups in total. The predicted octanol–water partition coefficient (Wildman–Crippen LogP) is 3.06. The van der Waals surface area contributed by atoms with E-state index in [0.717, 1.165) is 0 Å². The van der Waals surface area contributed by atoms with E-state index in [4.69, 9.17) is 37.9 Å². The summed E-state index contributed by atoms with van der Waals surface area (Å²) in [6.45, 7) is 17.8. The van der Waals surface area contributed by atoms with E-state index in [1.807, 2.05) is 37.7 Å². The predicted molar refractivity (Wildman–Crippen MR) is 264 cm³/mol. The number of cyclic esters (lactones) is 1. The Kier molecular flexibility index (Phi) is 21.8. The number of carbonyl (C=O) groups excluding carboxylic acids is 4. The molecule has 1 aromatic carbocycles. The summed E-state index contributed by atoms with van der Waals surface area (Å²) in [7, 11) is 7.57. The van der Waals surface area contributed by atoms with Crippen molar-refractivity contribution in [3.63, 3.8) is 0 Å². The summed E-state index contributed by atoms with van der Waals surface area (Å²) in [5, 5.41) is 65.5. The van der Waals surface area contributed by atoms with Gasteiger partial charge in [0.15, 0.2) is 12.6 Å². The molecule has 72 heavy (non-hydrogen) atoms. The number of anilines is 1. The zero-order valence-corrected chi connectivity index (χ0v) is 45.1. The molecule has 18 atom stereocenters. The molecule has 3 aliphatic rings. The Hall–Kier alpha value is -3.58. The van der Waals surface area contributed by atoms with Gasteiger partial charge in [0.05, 0.1) is 66.9 Å². The number of benzene rings is 1. The number of ether oxygens (including phenoxy) is 8. The molecule has 0 saturated carbocycles. The maximum atomic E-state index is 14.6. The second-order valence-corrected chi connectivity index (χ2v) is 21.2. The Morgan fingerprint density at radius 1 is 0.875 bits per heavy atom. The molecule has 3 fully saturated rings. The number of aliphatic hydroxyl groups is 5. The molecule has 3 aliphatic heterocycles. The van der Waals surface area contributed by atoms with Crippen LogP contribution < -0.4 is 10.6 Å². The average molecular weight is 1030 g/mol. The first-order chi connectivity index (χ1) is 33.5. The molecule has 2 amide bonds. The summed E-state index contributed by atoms with van der Waals surface area (Å²) >= 11 is 0. The van der Waals surface area contributed by atoms with Crippen LogP contribution in [-0.4, -0.2) is 205 Å². The lowest BCUT2D eigenvalue weighted by atomic mass is 9.77. The minimum Gasteiger partial charge on any atom is -0.465 e. The number of nitrogens with zero attached hydrogens (tertiary/aromatic N) is 2. The molecule has 0 aliphatic carbocycles. The van der Waals surface area contributed by atoms with Gasteiger partial charge < -0.3 is 79.0 Å². The van der Waals surface area contributed by atoms with Crippen molar-refractivity contribution in [3.05, 3.63) is 29.3 Å². The first-order valence-electron chi connectivity index (χ1n) is 25.2. The minimum atomic E-state index is -1.99. The van der Waals surface area contributed by atoms with Crippen LogP contribution in [0.25, 0.3) is 0 Å². The maximum absolute atomic E-state index is 14.6. The van der Waals surface area contributed by atoms with Gasteiger partial charge in [-0.2, -0.15) is 0 Å². The topological polar surface area (TPSA) is 274 Å². The van der Waals surface area contributed by atoms with E-state index in [0.29, 0.717) is 12.8 Å². The van der Waals surface area contributed by atoms with Crippen LogP contribution in [0.5, 0.6) is 0 Å². The van der Waals surface area contributed by atoms with E-state index in [-0.39, 0.29) is 73.8 Å². The van der Waals surface area contributed by atoms with E-state index in [9.17, 15) is 44.7 Å². The Morgan fingerprint density at radius 3 is 2.04 bits per heavy atom. The van der Waals surface area contributed by atoms with Gasteiger partial charge in [-0.3, -0.25) is 9.69 Å². The van der Waals surface area contributed by atoms with Crippen LogP contribution in [0.2, 0.25) is 0 Å². The van der Waals surface area contributed by atoms with Gasteiger partial charge in [0, 0.05) is 56.9 Å². The number of likely N-dealkylation sites (N-methyl/N-ethyl adjacent to an activating group) is 1. The molecule has 1 aromatic rings. The zero-order valence-electron chi connectivity index (χ0n) is 45.1. The van der Waals surface area contributed by atoms with Crippen molar-refractivity contribution in [2.75, 3.05) is 60.4 Å². The summed E-state index contributed by atoms with van der Waals surface area (Å²) in [5.41, 5.74) is -4.62. The first-order valence-corrected chi connectivity index (χ1v) is 25.2. The van der Waals surface area contributed by atoms with Crippen molar-refractivity contribution >= 4 is 29.6 Å². The van der Waals surface area contributed by atoms with Crippen molar-refractivity contribution in [3.8, 4) is 0 Å². The number of nitrogens with one attached hydrogen (secondary N) is 2. The number of esters is 3. The number of carbonyl (C=O) groups is 4. The van der Waals surface area contributed by atoms with E-state index in [1.54, 1.807) is 48.5 Å². The normalized spacial score (nSPS) is 38.7. The van der Waals surface area contributed by atoms with Gasteiger partial charge in [-0.05, 0) is 112 Å². The van der Waals surface area contributed by atoms with E-state index in [2.05, 4.69) is 10.6 Å². The van der Waals surface area contributed by atoms with Crippen molar-refractivity contribution in [1.82, 2.24) is 15.1 Å². The van der Waals surface area contributed by atoms with Crippen LogP contribution >= 0.6 is 0 Å². The number of rotatable bonds is 14. The highest BCUT2D eigenvalue weighted by atomic mass is 16.7. The van der Waals surface area contributed by atoms with Gasteiger partial charge in [-0.1, -0.05) is 20.8 Å². The molecule has 4 rings (SSSR count). The maximum Gasteiger partial charge on any atom is 0.337 e. The van der Waals surface area contributed by atoms with Gasteiger partial charge in [-0.15, -0.1) is 0 Å². The van der Waals surface area contributed by atoms with Gasteiger partial charge >= 0.3 is 23.9 Å². The second-order valence-electron chi connectivity index (χ2n) is 21.2. The van der Waals surface area contributed by atoms with Crippen molar-refractivity contribution in [2.45, 2.75) is 192 Å². The summed E-state index contributed by atoms with van der Waals surface area (Å²) in [6, 6.07) is 2.24. The SMILES string of the molecule is CC[C@H]1OC(=O)[C@H](C)[C@@H](O[C@H]2C[C@@](C)(OC)[C@@H](O)[C@H](C)O2)[C@H](C)[C@@H](O[C@@H]2O[C@H](C)C[C@H](N(C)C)[C@H]2O)[C@](C)(O)C[C@@H](C)CN(CCCNC(=O)Nc2cc(C(=O)OC)cc(C(=O)OC)c2)[C@H](C)[C@@H](O)[C@]1(C)O. The molecule has 21 nitrogen and oxygen atoms in total. The zero-order chi connectivity index (χ0) is 54.2. The highest BCUT2D eigenvalue weighted by Crippen LogP contribution is 2.40. The lowest BCUT2D eigenvalue weighted by Gasteiger charge is -2.48. The minimum absolute atomic E-state index is 0.0207. The molecular weight excluding hydrogens is 941 g/mol. The summed E-state index contributed by atoms with van der Waals surface area (Å²) < 4.78 is 47.6. The van der Waals surface area contributed by atoms with Gasteiger partial charge in [0.25, 0.3) is 0 Å². The Balaban J connectivity index is 1.71. The highest BCUT2D eigenvalue weighted by molar-refractivity contribution is 5.99. The van der Waals surface area contributed by atoms with Crippen molar-refractivity contribution in [2.24, 2.45) is 17.8 Å². The standard InChI is InChI=1S/C51H86N4O17/c1-16-37-51(10,64)41(57)31(6)55(19-17-18-52-48(62)53-35-22-33(45(60)65-13)21-34(23-35)46(61)66-14)26-27(2)24-49(8,63)43(72-47-39(56)36(54(11)12)20-28(3)68-47)29(4)40(30(5)44(59)70-37)71-38-25-50(9,67-15)42(58)32(7)69-38/h21-23,27-32,36-43,47,56-58,63-64H,16-20,24-26H2,1-15H3,(H2,52,53,62)/t27-,28-,29+,30-,31-,32+,36+,37-,38+,39-,40+,41-,42+,43-,47+,49-,50-,51-/m1/s1. The number of amides is 2. The molecule has 0 spiro atoms. The van der Waals surface area contributed by atoms with Gasteiger partial charge in [0.1, 0.15) is 30.0 Å². The fourth-order valence-electron chi connectivity index (χ4n) is 10.7. The fourth-order valence-corrected chi connectivity index (χ4v) is 10.7. The molecular formula is C51H86N4O17. The first kappa shape index (κ1) is 61.0. The molecule has 0 radical (unpaired) electrons. The van der Waals surface area contributed by atoms with Crippen LogP contribution in [-0.2, 0) is 42.7 Å². The van der Waals surface area contributed by atoms with Crippen molar-refractivity contribution < 1.29 is 82.6 Å². The smallest absolute Gasteiger partial charge is 0.337 e. The highest BCUT2D eigenvalue weighted by Gasteiger charge is 2.53. The molecule has 412 valence electrons. The number of hydrogen-bond acceptors (Lipinski definition) is 19. The Morgan fingerprint density at radius 2 is 1.49 bits per heavy atom. The Labute approximate surface area is 425 Å². The van der Waals surface area contributed by atoms with Crippen molar-refractivity contribution in [1.29, 1.82) is 0 Å². The quantitative estimate of drug-likeness (QED) is 0.0802. The third-order valence-electron chi connectivity index (χ3n) is 15.0. The number of aliphatic hydroxyl groups excluding tert-OH is 3. The molecule has 0 unspecified atom stereocenters. The molecule has 3 saturated heterocycles. The number of urea groups is 1. The van der Waals surface area contributed by atoms with Gasteiger partial charge in [-0.25, -0.2) is 14.4 Å². The molecule has 3 heterocycles. The second kappa shape index (κ2) is 25.8. The van der Waals surface area contributed by atoms with E-state index < -0.39 is 114 Å². The van der Waals surface area contributed by atoms with Gasteiger partial charge in [0.2, 0.25) is 0 Å². The van der Waals surface area contributed by atoms with Crippen LogP contribution in [0.15, 0.2) is 18.2 Å². The number of hydrogen-bond donors (Lipinski definition) is 7. The summed E-state index contributed by atoms with van der Waals surface area (Å²) in [4.78, 5) is 56.2. The third kappa shape index (κ3) is 14.8. The lowest BCUT2D eigenvalue weighted by Crippen LogP contribution is -2.60. The largest absolute Gasteiger partial charge is 0.465 e. The average Bonchev–Trinajstić information content (AvgIpc) is 3.32. The van der Waals surface area contributed by atoms with Crippen LogP contribution in [0, 0.1) is 17.8 Å². The monoisotopic (exact) mass is 1030 g/mol. The molecule has 21 heteroatoms. The summed E-state index contributed by atoms with van der Waals surface area (Å²) in [5.74, 6) is -4.54. The summed E-state index contributed by atoms with van der Waals surface area (Å²) in [6.07, 6.45) is -9.31. The van der Waals surface area contributed by atoms with Crippen LogP contribution in [0.3, 0.4) is 0 Å². The molecule has 0 bridgehead atoms. The fraction of sp³-hybridized carbons (Fsp3) is 0.804. The van der Waals surface area contributed by atoms with E-state index >= 15 is 0 Å². The van der Waals surface area contributed by atoms with Crippen LogP contribution in [0.1, 0.15) is 122 Å². The lowest BCUT2D eigenvalue weighted by molar-refractivity contribution is -0.318.